The Balaban J connectivity index is 1.64. The zero-order chi connectivity index (χ0) is 22.5. The third-order valence-electron chi connectivity index (χ3n) is 7.25. The first-order chi connectivity index (χ1) is 14.6. The van der Waals surface area contributed by atoms with Gasteiger partial charge in [0.05, 0.1) is 24.0 Å². The van der Waals surface area contributed by atoms with Gasteiger partial charge in [0.25, 0.3) is 0 Å². The van der Waals surface area contributed by atoms with Gasteiger partial charge in [-0.25, -0.2) is 4.79 Å². The summed E-state index contributed by atoms with van der Waals surface area (Å²) in [6, 6.07) is 0. The molecule has 0 radical (unpaired) electrons. The lowest BCUT2D eigenvalue weighted by molar-refractivity contribution is -0.146. The van der Waals surface area contributed by atoms with Crippen LogP contribution in [-0.4, -0.2) is 29.6 Å². The summed E-state index contributed by atoms with van der Waals surface area (Å²) in [6.07, 6.45) is 7.24. The van der Waals surface area contributed by atoms with E-state index in [1.54, 1.807) is 6.92 Å². The van der Waals surface area contributed by atoms with Crippen molar-refractivity contribution in [3.63, 3.8) is 0 Å². The second kappa shape index (κ2) is 8.08. The Bertz CT molecular complexity index is 941. The lowest BCUT2D eigenvalue weighted by Gasteiger charge is -2.33. The van der Waals surface area contributed by atoms with Crippen LogP contribution in [0.3, 0.4) is 0 Å². The molecule has 4 rings (SSSR count). The summed E-state index contributed by atoms with van der Waals surface area (Å²) < 4.78 is 5.31. The minimum atomic E-state index is -0.930. The Morgan fingerprint density at radius 3 is 2.48 bits per heavy atom. The van der Waals surface area contributed by atoms with Crippen LogP contribution < -0.4 is 5.32 Å². The van der Waals surface area contributed by atoms with E-state index in [9.17, 15) is 19.5 Å². The second-order valence-electron chi connectivity index (χ2n) is 10.1. The largest absolute Gasteiger partial charge is 0.481 e. The van der Waals surface area contributed by atoms with Gasteiger partial charge in [0.1, 0.15) is 5.00 Å². The van der Waals surface area contributed by atoms with Crippen molar-refractivity contribution >= 4 is 34.2 Å². The van der Waals surface area contributed by atoms with Gasteiger partial charge >= 0.3 is 11.9 Å². The number of rotatable bonds is 5. The van der Waals surface area contributed by atoms with Crippen molar-refractivity contribution in [2.45, 2.75) is 53.4 Å². The van der Waals surface area contributed by atoms with Crippen LogP contribution in [0, 0.1) is 35.0 Å². The van der Waals surface area contributed by atoms with Crippen LogP contribution >= 0.6 is 11.3 Å². The third kappa shape index (κ3) is 3.93. The van der Waals surface area contributed by atoms with E-state index in [0.717, 1.165) is 29.7 Å². The Morgan fingerprint density at radius 2 is 1.87 bits per heavy atom. The highest BCUT2D eigenvalue weighted by Crippen LogP contribution is 2.49. The molecule has 3 aliphatic rings. The fourth-order valence-electron chi connectivity index (χ4n) is 5.54. The smallest absolute Gasteiger partial charge is 0.341 e. The second-order valence-corrected chi connectivity index (χ2v) is 11.2. The number of hydrogen-bond acceptors (Lipinski definition) is 5. The topological polar surface area (TPSA) is 92.7 Å². The number of ether oxygens (including phenoxy) is 1. The van der Waals surface area contributed by atoms with Crippen molar-refractivity contribution in [1.82, 2.24) is 0 Å². The van der Waals surface area contributed by atoms with Gasteiger partial charge in [0.2, 0.25) is 5.91 Å². The molecule has 0 spiro atoms. The summed E-state index contributed by atoms with van der Waals surface area (Å²) in [6.45, 7) is 8.74. The molecular weight excluding hydrogens is 414 g/mol. The summed E-state index contributed by atoms with van der Waals surface area (Å²) in [5, 5.41) is 13.2. The molecule has 0 saturated heterocycles. The molecule has 1 aromatic heterocycles. The highest BCUT2D eigenvalue weighted by Gasteiger charge is 2.52. The minimum Gasteiger partial charge on any atom is -0.481 e. The SMILES string of the molecule is CCOC(=O)c1c(NC(=O)[C@H]2[C@@H](C(=O)O)[C@H]3C=C[C@H]2C3)sc2c1CC[C@H](C(C)(C)C)C2. The van der Waals surface area contributed by atoms with E-state index < -0.39 is 23.8 Å². The van der Waals surface area contributed by atoms with E-state index in [1.807, 2.05) is 12.2 Å². The van der Waals surface area contributed by atoms with Crippen LogP contribution in [0.15, 0.2) is 12.2 Å². The van der Waals surface area contributed by atoms with Crippen LogP contribution in [0.25, 0.3) is 0 Å². The number of carbonyl (C=O) groups excluding carboxylic acids is 2. The number of anilines is 1. The molecule has 5 atom stereocenters. The molecule has 0 unspecified atom stereocenters. The maximum Gasteiger partial charge on any atom is 0.341 e. The number of thiophene rings is 1. The Hall–Kier alpha value is -2.15. The quantitative estimate of drug-likeness (QED) is 0.513. The molecule has 31 heavy (non-hydrogen) atoms. The zero-order valence-electron chi connectivity index (χ0n) is 18.6. The molecule has 1 aromatic rings. The molecule has 0 aliphatic heterocycles. The molecule has 1 heterocycles. The molecule has 1 fully saturated rings. The first kappa shape index (κ1) is 22.1. The third-order valence-corrected chi connectivity index (χ3v) is 8.42. The Kier molecular flexibility index (Phi) is 5.75. The van der Waals surface area contributed by atoms with Gasteiger partial charge in [-0.3, -0.25) is 9.59 Å². The monoisotopic (exact) mass is 445 g/mol. The first-order valence-corrected chi connectivity index (χ1v) is 12.0. The fourth-order valence-corrected chi connectivity index (χ4v) is 6.86. The van der Waals surface area contributed by atoms with Gasteiger partial charge in [0.15, 0.2) is 0 Å². The summed E-state index contributed by atoms with van der Waals surface area (Å²) in [5.41, 5.74) is 1.62. The summed E-state index contributed by atoms with van der Waals surface area (Å²) in [7, 11) is 0. The van der Waals surface area contributed by atoms with Crippen molar-refractivity contribution in [2.24, 2.45) is 35.0 Å². The summed E-state index contributed by atoms with van der Waals surface area (Å²) in [4.78, 5) is 39.0. The number of carbonyl (C=O) groups is 3. The molecule has 2 N–H and O–H groups in total. The summed E-state index contributed by atoms with van der Waals surface area (Å²) >= 11 is 1.45. The van der Waals surface area contributed by atoms with E-state index in [1.165, 1.54) is 11.3 Å². The van der Waals surface area contributed by atoms with Gasteiger partial charge in [-0.15, -0.1) is 11.3 Å². The Labute approximate surface area is 187 Å². The van der Waals surface area contributed by atoms with E-state index in [4.69, 9.17) is 4.74 Å². The predicted molar refractivity (Wildman–Crippen MR) is 119 cm³/mol. The summed E-state index contributed by atoms with van der Waals surface area (Å²) in [5.74, 6) is -2.60. The number of aliphatic carboxylic acids is 1. The average Bonchev–Trinajstić information content (AvgIpc) is 3.38. The number of fused-ring (bicyclic) bond motifs is 3. The molecule has 168 valence electrons. The van der Waals surface area contributed by atoms with Crippen LogP contribution in [0.5, 0.6) is 0 Å². The van der Waals surface area contributed by atoms with Crippen LogP contribution in [-0.2, 0) is 27.2 Å². The van der Waals surface area contributed by atoms with Gasteiger partial charge in [-0.2, -0.15) is 0 Å². The van der Waals surface area contributed by atoms with Gasteiger partial charge < -0.3 is 15.2 Å². The van der Waals surface area contributed by atoms with E-state index in [2.05, 4.69) is 26.1 Å². The maximum atomic E-state index is 13.2. The van der Waals surface area contributed by atoms with Crippen molar-refractivity contribution in [3.8, 4) is 0 Å². The molecule has 2 bridgehead atoms. The Morgan fingerprint density at radius 1 is 1.19 bits per heavy atom. The number of esters is 1. The van der Waals surface area contributed by atoms with Gasteiger partial charge in [0, 0.05) is 4.88 Å². The molecule has 1 saturated carbocycles. The van der Waals surface area contributed by atoms with E-state index >= 15 is 0 Å². The van der Waals surface area contributed by atoms with Gasteiger partial charge in [-0.1, -0.05) is 32.9 Å². The number of carboxylic acids is 1. The molecule has 6 nitrogen and oxygen atoms in total. The predicted octanol–water partition coefficient (Wildman–Crippen LogP) is 4.54. The minimum absolute atomic E-state index is 0.0583. The molecule has 7 heteroatoms. The van der Waals surface area contributed by atoms with Crippen molar-refractivity contribution in [2.75, 3.05) is 11.9 Å². The number of nitrogens with one attached hydrogen (secondary N) is 1. The standard InChI is InChI=1S/C24H31NO5S/c1-5-30-23(29)19-15-9-8-14(24(2,3)4)11-16(15)31-21(19)25-20(26)17-12-6-7-13(10-12)18(17)22(27)28/h6-7,12-14,17-18H,5,8-11H2,1-4H3,(H,25,26)(H,27,28)/t12-,13-,14-,17+,18-/m0/s1. The number of carboxylic acid groups (broad SMARTS) is 1. The van der Waals surface area contributed by atoms with Crippen molar-refractivity contribution < 1.29 is 24.2 Å². The van der Waals surface area contributed by atoms with Crippen LogP contribution in [0.1, 0.15) is 61.3 Å². The van der Waals surface area contributed by atoms with Crippen molar-refractivity contribution in [3.05, 3.63) is 28.2 Å². The lowest BCUT2D eigenvalue weighted by Crippen LogP contribution is -2.36. The maximum absolute atomic E-state index is 13.2. The molecular formula is C24H31NO5S. The molecule has 3 aliphatic carbocycles. The normalized spacial score (nSPS) is 29.0. The van der Waals surface area contributed by atoms with Crippen LogP contribution in [0.2, 0.25) is 0 Å². The molecule has 0 aromatic carbocycles. The average molecular weight is 446 g/mol. The van der Waals surface area contributed by atoms with E-state index in [0.29, 0.717) is 22.9 Å². The fraction of sp³-hybridized carbons (Fsp3) is 0.625. The lowest BCUT2D eigenvalue weighted by atomic mass is 9.72. The number of allylic oxidation sites excluding steroid dienone is 2. The number of amides is 1. The zero-order valence-corrected chi connectivity index (χ0v) is 19.4. The number of hydrogen-bond donors (Lipinski definition) is 2. The highest BCUT2D eigenvalue weighted by atomic mass is 32.1. The van der Waals surface area contributed by atoms with Crippen LogP contribution in [0.4, 0.5) is 5.00 Å². The van der Waals surface area contributed by atoms with E-state index in [-0.39, 0.29) is 29.8 Å². The van der Waals surface area contributed by atoms with Gasteiger partial charge in [-0.05, 0) is 61.3 Å². The molecule has 1 amide bonds. The first-order valence-electron chi connectivity index (χ1n) is 11.2. The van der Waals surface area contributed by atoms with Crippen molar-refractivity contribution in [1.29, 1.82) is 0 Å². The highest BCUT2D eigenvalue weighted by molar-refractivity contribution is 7.17.